The standard InChI is InChI=1S/C19H22Cl2N2.C6H5Cl.C2H6/c1-15-2-4-16(5-3-15)8-9-22-10-12-23(13-11-22)19-7-6-17(20)14-18(19)21;7-6-4-2-1-3-5-6;1-2/h2-7,14H,8-13H2,1H3;1-5H;1-2H3. The molecular formula is C27H33Cl3N2. The van der Waals surface area contributed by atoms with E-state index in [1.807, 2.05) is 62.4 Å². The van der Waals surface area contributed by atoms with Crippen molar-refractivity contribution in [1.29, 1.82) is 0 Å². The first-order chi connectivity index (χ1) is 15.5. The largest absolute Gasteiger partial charge is 0.368 e. The molecule has 0 bridgehead atoms. The zero-order valence-electron chi connectivity index (χ0n) is 19.2. The minimum atomic E-state index is 0.690. The number of benzene rings is 3. The van der Waals surface area contributed by atoms with Crippen LogP contribution in [-0.2, 0) is 6.42 Å². The van der Waals surface area contributed by atoms with Crippen LogP contribution in [0.15, 0.2) is 72.8 Å². The maximum atomic E-state index is 6.31. The topological polar surface area (TPSA) is 6.48 Å². The van der Waals surface area contributed by atoms with Crippen molar-refractivity contribution in [2.45, 2.75) is 27.2 Å². The summed E-state index contributed by atoms with van der Waals surface area (Å²) in [5.74, 6) is 0. The van der Waals surface area contributed by atoms with E-state index in [9.17, 15) is 0 Å². The highest BCUT2D eigenvalue weighted by atomic mass is 35.5. The van der Waals surface area contributed by atoms with E-state index in [0.717, 1.165) is 54.9 Å². The predicted molar refractivity (Wildman–Crippen MR) is 143 cm³/mol. The first-order valence-electron chi connectivity index (χ1n) is 11.2. The van der Waals surface area contributed by atoms with Crippen LogP contribution >= 0.6 is 34.8 Å². The van der Waals surface area contributed by atoms with E-state index < -0.39 is 0 Å². The maximum Gasteiger partial charge on any atom is 0.0654 e. The first-order valence-corrected chi connectivity index (χ1v) is 12.3. The number of hydrogen-bond donors (Lipinski definition) is 0. The monoisotopic (exact) mass is 490 g/mol. The molecule has 32 heavy (non-hydrogen) atoms. The van der Waals surface area contributed by atoms with E-state index >= 15 is 0 Å². The van der Waals surface area contributed by atoms with Crippen LogP contribution in [0, 0.1) is 6.92 Å². The number of anilines is 1. The van der Waals surface area contributed by atoms with Crippen LogP contribution in [0.5, 0.6) is 0 Å². The van der Waals surface area contributed by atoms with Gasteiger partial charge >= 0.3 is 0 Å². The third kappa shape index (κ3) is 9.03. The quantitative estimate of drug-likeness (QED) is 0.364. The second kappa shape index (κ2) is 14.4. The molecule has 4 rings (SSSR count). The smallest absolute Gasteiger partial charge is 0.0654 e. The number of halogens is 3. The van der Waals surface area contributed by atoms with Crippen molar-refractivity contribution in [2.24, 2.45) is 0 Å². The summed E-state index contributed by atoms with van der Waals surface area (Å²) in [6.07, 6.45) is 1.11. The maximum absolute atomic E-state index is 6.31. The Bertz CT molecular complexity index is 906. The molecule has 0 N–H and O–H groups in total. The lowest BCUT2D eigenvalue weighted by Crippen LogP contribution is -2.47. The molecule has 1 aliphatic rings. The number of piperazine rings is 1. The van der Waals surface area contributed by atoms with E-state index in [1.165, 1.54) is 11.1 Å². The van der Waals surface area contributed by atoms with Gasteiger partial charge in [0.2, 0.25) is 0 Å². The lowest BCUT2D eigenvalue weighted by Gasteiger charge is -2.36. The fraction of sp³-hybridized carbons (Fsp3) is 0.333. The van der Waals surface area contributed by atoms with Crippen LogP contribution in [0.1, 0.15) is 25.0 Å². The summed E-state index contributed by atoms with van der Waals surface area (Å²) >= 11 is 17.8. The highest BCUT2D eigenvalue weighted by Gasteiger charge is 2.18. The average Bonchev–Trinajstić information content (AvgIpc) is 2.82. The summed E-state index contributed by atoms with van der Waals surface area (Å²) in [4.78, 5) is 4.88. The summed E-state index contributed by atoms with van der Waals surface area (Å²) in [6.45, 7) is 11.4. The van der Waals surface area contributed by atoms with Crippen molar-refractivity contribution < 1.29 is 0 Å². The van der Waals surface area contributed by atoms with Crippen molar-refractivity contribution in [3.05, 3.63) is 99.0 Å². The summed E-state index contributed by atoms with van der Waals surface area (Å²) in [5.41, 5.74) is 3.83. The van der Waals surface area contributed by atoms with Crippen molar-refractivity contribution >= 4 is 40.5 Å². The zero-order valence-corrected chi connectivity index (χ0v) is 21.5. The fourth-order valence-electron chi connectivity index (χ4n) is 3.41. The minimum Gasteiger partial charge on any atom is -0.368 e. The Morgan fingerprint density at radius 2 is 1.34 bits per heavy atom. The SMILES string of the molecule is CC.Cc1ccc(CCN2CCN(c3ccc(Cl)cc3Cl)CC2)cc1.Clc1ccccc1. The Labute approximate surface area is 208 Å². The highest BCUT2D eigenvalue weighted by molar-refractivity contribution is 6.36. The lowest BCUT2D eigenvalue weighted by molar-refractivity contribution is 0.261. The van der Waals surface area contributed by atoms with Gasteiger partial charge in [-0.1, -0.05) is 96.7 Å². The molecule has 172 valence electrons. The van der Waals surface area contributed by atoms with E-state index in [0.29, 0.717) is 5.02 Å². The molecule has 1 aliphatic heterocycles. The lowest BCUT2D eigenvalue weighted by atomic mass is 10.1. The minimum absolute atomic E-state index is 0.690. The molecule has 0 unspecified atom stereocenters. The van der Waals surface area contributed by atoms with E-state index in [-0.39, 0.29) is 0 Å². The van der Waals surface area contributed by atoms with Gasteiger partial charge in [0.25, 0.3) is 0 Å². The highest BCUT2D eigenvalue weighted by Crippen LogP contribution is 2.29. The van der Waals surface area contributed by atoms with Gasteiger partial charge in [0, 0.05) is 42.8 Å². The van der Waals surface area contributed by atoms with Gasteiger partial charge < -0.3 is 4.90 Å². The molecule has 2 nitrogen and oxygen atoms in total. The Morgan fingerprint density at radius 3 is 1.88 bits per heavy atom. The molecule has 0 atom stereocenters. The van der Waals surface area contributed by atoms with Gasteiger partial charge in [-0.15, -0.1) is 0 Å². The summed E-state index contributed by atoms with van der Waals surface area (Å²) in [6, 6.07) is 24.0. The molecule has 5 heteroatoms. The molecule has 1 saturated heterocycles. The van der Waals surface area contributed by atoms with Gasteiger partial charge in [-0.05, 0) is 49.2 Å². The van der Waals surface area contributed by atoms with Crippen LogP contribution in [0.2, 0.25) is 15.1 Å². The van der Waals surface area contributed by atoms with Crippen LogP contribution in [-0.4, -0.2) is 37.6 Å². The van der Waals surface area contributed by atoms with Gasteiger partial charge in [0.15, 0.2) is 0 Å². The second-order valence-corrected chi connectivity index (χ2v) is 8.74. The molecule has 1 heterocycles. The number of hydrogen-bond acceptors (Lipinski definition) is 2. The van der Waals surface area contributed by atoms with Crippen molar-refractivity contribution in [1.82, 2.24) is 4.90 Å². The van der Waals surface area contributed by atoms with Gasteiger partial charge in [-0.3, -0.25) is 4.90 Å². The molecule has 1 fully saturated rings. The second-order valence-electron chi connectivity index (χ2n) is 7.46. The third-order valence-electron chi connectivity index (χ3n) is 5.19. The fourth-order valence-corrected chi connectivity index (χ4v) is 4.08. The molecule has 3 aromatic carbocycles. The molecular weight excluding hydrogens is 459 g/mol. The van der Waals surface area contributed by atoms with E-state index in [2.05, 4.69) is 41.0 Å². The molecule has 0 radical (unpaired) electrons. The molecule has 0 saturated carbocycles. The van der Waals surface area contributed by atoms with Gasteiger partial charge in [-0.2, -0.15) is 0 Å². The van der Waals surface area contributed by atoms with Crippen molar-refractivity contribution in [3.8, 4) is 0 Å². The molecule has 0 spiro atoms. The van der Waals surface area contributed by atoms with Crippen LogP contribution < -0.4 is 4.90 Å². The molecule has 3 aromatic rings. The first kappa shape index (κ1) is 26.5. The third-order valence-corrected chi connectivity index (χ3v) is 5.98. The zero-order chi connectivity index (χ0) is 23.3. The van der Waals surface area contributed by atoms with Crippen LogP contribution in [0.4, 0.5) is 5.69 Å². The Balaban J connectivity index is 0.000000340. The number of rotatable bonds is 4. The Kier molecular flexibility index (Phi) is 12.0. The Hall–Kier alpha value is -1.71. The molecule has 0 aliphatic carbocycles. The van der Waals surface area contributed by atoms with Gasteiger partial charge in [0.1, 0.15) is 0 Å². The molecule has 0 aromatic heterocycles. The van der Waals surface area contributed by atoms with Gasteiger partial charge in [-0.25, -0.2) is 0 Å². The average molecular weight is 492 g/mol. The molecule has 0 amide bonds. The van der Waals surface area contributed by atoms with Crippen LogP contribution in [0.25, 0.3) is 0 Å². The predicted octanol–water partition coefficient (Wildman–Crippen LogP) is 8.03. The summed E-state index contributed by atoms with van der Waals surface area (Å²) in [7, 11) is 0. The summed E-state index contributed by atoms with van der Waals surface area (Å²) in [5, 5.41) is 2.23. The normalized spacial score (nSPS) is 13.5. The van der Waals surface area contributed by atoms with Gasteiger partial charge in [0.05, 0.1) is 10.7 Å². The number of aryl methyl sites for hydroxylation is 1. The van der Waals surface area contributed by atoms with E-state index in [1.54, 1.807) is 0 Å². The summed E-state index contributed by atoms with van der Waals surface area (Å²) < 4.78 is 0. The van der Waals surface area contributed by atoms with Crippen LogP contribution in [0.3, 0.4) is 0 Å². The number of nitrogens with zero attached hydrogens (tertiary/aromatic N) is 2. The van der Waals surface area contributed by atoms with E-state index in [4.69, 9.17) is 34.8 Å². The van der Waals surface area contributed by atoms with Crippen molar-refractivity contribution in [3.63, 3.8) is 0 Å². The Morgan fingerprint density at radius 1 is 0.719 bits per heavy atom. The van der Waals surface area contributed by atoms with Crippen molar-refractivity contribution in [2.75, 3.05) is 37.6 Å².